The molecule has 23 heavy (non-hydrogen) atoms. The van der Waals surface area contributed by atoms with Crippen LogP contribution in [0.25, 0.3) is 0 Å². The van der Waals surface area contributed by atoms with E-state index in [0.29, 0.717) is 17.7 Å². The molecule has 0 aromatic heterocycles. The molecule has 4 heteroatoms. The van der Waals surface area contributed by atoms with Gasteiger partial charge in [-0.15, -0.1) is 5.06 Å². The van der Waals surface area contributed by atoms with Crippen LogP contribution >= 0.6 is 0 Å². The average Bonchev–Trinajstić information content (AvgIpc) is 2.81. The van der Waals surface area contributed by atoms with E-state index < -0.39 is 0 Å². The summed E-state index contributed by atoms with van der Waals surface area (Å²) in [6.07, 6.45) is 11.0. The number of unbranched alkanes of at least 4 members (excludes halogenated alkanes) is 8. The van der Waals surface area contributed by atoms with Crippen molar-refractivity contribution in [3.05, 3.63) is 35.4 Å². The van der Waals surface area contributed by atoms with Gasteiger partial charge in [0.15, 0.2) is 0 Å². The van der Waals surface area contributed by atoms with Crippen molar-refractivity contribution in [3.63, 3.8) is 0 Å². The van der Waals surface area contributed by atoms with Crippen molar-refractivity contribution >= 4 is 11.8 Å². The standard InChI is InChI=1S/C19H27NO3/c1-2-3-4-5-6-7-8-9-12-15-23-20-18(21)16-13-10-11-14-17(16)19(20)22/h10-11,13-14H,2-9,12,15H2,1H3. The number of hydrogen-bond donors (Lipinski definition) is 0. The number of hydroxylamine groups is 2. The third-order valence-corrected chi connectivity index (χ3v) is 4.23. The number of carbonyl (C=O) groups excluding carboxylic acids is 2. The topological polar surface area (TPSA) is 46.6 Å². The number of hydrogen-bond acceptors (Lipinski definition) is 3. The molecule has 1 aromatic carbocycles. The molecule has 4 nitrogen and oxygen atoms in total. The predicted octanol–water partition coefficient (Wildman–Crippen LogP) is 4.75. The number of imide groups is 1. The second-order valence-corrected chi connectivity index (χ2v) is 6.11. The first-order valence-corrected chi connectivity index (χ1v) is 8.86. The normalized spacial score (nSPS) is 13.7. The smallest absolute Gasteiger partial charge is 0.266 e. The van der Waals surface area contributed by atoms with Crippen LogP contribution in [-0.4, -0.2) is 23.5 Å². The Balaban J connectivity index is 1.57. The van der Waals surface area contributed by atoms with E-state index >= 15 is 0 Å². The zero-order valence-electron chi connectivity index (χ0n) is 14.1. The van der Waals surface area contributed by atoms with Gasteiger partial charge in [0.25, 0.3) is 11.8 Å². The highest BCUT2D eigenvalue weighted by atomic mass is 16.7. The molecule has 0 fully saturated rings. The Morgan fingerprint density at radius 2 is 1.26 bits per heavy atom. The molecule has 0 atom stereocenters. The molecule has 0 saturated heterocycles. The summed E-state index contributed by atoms with van der Waals surface area (Å²) in [7, 11) is 0. The average molecular weight is 317 g/mol. The quantitative estimate of drug-likeness (QED) is 0.437. The summed E-state index contributed by atoms with van der Waals surface area (Å²) in [4.78, 5) is 29.6. The number of rotatable bonds is 11. The van der Waals surface area contributed by atoms with Crippen molar-refractivity contribution in [2.24, 2.45) is 0 Å². The highest BCUT2D eigenvalue weighted by Crippen LogP contribution is 2.22. The van der Waals surface area contributed by atoms with Gasteiger partial charge in [-0.3, -0.25) is 14.4 Å². The summed E-state index contributed by atoms with van der Waals surface area (Å²) >= 11 is 0. The molecule has 0 bridgehead atoms. The first-order chi connectivity index (χ1) is 11.3. The minimum Gasteiger partial charge on any atom is -0.266 e. The number of amides is 2. The Morgan fingerprint density at radius 3 is 1.78 bits per heavy atom. The molecule has 1 aliphatic rings. The Kier molecular flexibility index (Phi) is 7.27. The SMILES string of the molecule is CCCCCCCCCCCON1C(=O)c2ccccc2C1=O. The molecule has 0 aliphatic carbocycles. The Morgan fingerprint density at radius 1 is 0.783 bits per heavy atom. The van der Waals surface area contributed by atoms with Crippen LogP contribution in [0, 0.1) is 0 Å². The number of benzene rings is 1. The summed E-state index contributed by atoms with van der Waals surface area (Å²) in [5, 5.41) is 0.912. The molecule has 1 aromatic rings. The van der Waals surface area contributed by atoms with E-state index in [9.17, 15) is 9.59 Å². The van der Waals surface area contributed by atoms with E-state index in [1.807, 2.05) is 0 Å². The lowest BCUT2D eigenvalue weighted by molar-refractivity contribution is -0.0922. The number of fused-ring (bicyclic) bond motifs is 1. The molecule has 0 radical (unpaired) electrons. The van der Waals surface area contributed by atoms with E-state index in [4.69, 9.17) is 4.84 Å². The summed E-state index contributed by atoms with van der Waals surface area (Å²) in [5.74, 6) is -0.692. The lowest BCUT2D eigenvalue weighted by atomic mass is 10.1. The van der Waals surface area contributed by atoms with E-state index in [1.165, 1.54) is 44.9 Å². The summed E-state index contributed by atoms with van der Waals surface area (Å²) in [5.41, 5.74) is 0.870. The molecule has 126 valence electrons. The van der Waals surface area contributed by atoms with Crippen LogP contribution < -0.4 is 0 Å². The molecule has 0 spiro atoms. The van der Waals surface area contributed by atoms with Gasteiger partial charge < -0.3 is 0 Å². The number of nitrogens with zero attached hydrogens (tertiary/aromatic N) is 1. The molecule has 1 heterocycles. The largest absolute Gasteiger partial charge is 0.285 e. The van der Waals surface area contributed by atoms with Gasteiger partial charge in [0.1, 0.15) is 0 Å². The lowest BCUT2D eigenvalue weighted by Crippen LogP contribution is -2.30. The summed E-state index contributed by atoms with van der Waals surface area (Å²) < 4.78 is 0. The van der Waals surface area contributed by atoms with Crippen molar-refractivity contribution in [2.45, 2.75) is 64.7 Å². The van der Waals surface area contributed by atoms with Gasteiger partial charge in [0, 0.05) is 0 Å². The van der Waals surface area contributed by atoms with Crippen LogP contribution in [0.3, 0.4) is 0 Å². The molecule has 0 saturated carbocycles. The van der Waals surface area contributed by atoms with Crippen LogP contribution in [0.5, 0.6) is 0 Å². The first kappa shape index (κ1) is 17.7. The second kappa shape index (κ2) is 9.46. The van der Waals surface area contributed by atoms with Crippen LogP contribution in [0.2, 0.25) is 0 Å². The van der Waals surface area contributed by atoms with E-state index in [2.05, 4.69) is 6.92 Å². The maximum Gasteiger partial charge on any atom is 0.285 e. The van der Waals surface area contributed by atoms with E-state index in [-0.39, 0.29) is 11.8 Å². The Labute approximate surface area is 138 Å². The maximum absolute atomic E-state index is 12.1. The molecule has 2 rings (SSSR count). The third kappa shape index (κ3) is 4.90. The lowest BCUT2D eigenvalue weighted by Gasteiger charge is -2.13. The van der Waals surface area contributed by atoms with Crippen LogP contribution in [0.1, 0.15) is 85.4 Å². The summed E-state index contributed by atoms with van der Waals surface area (Å²) in [6, 6.07) is 6.84. The predicted molar refractivity (Wildman–Crippen MR) is 90.1 cm³/mol. The van der Waals surface area contributed by atoms with E-state index in [1.54, 1.807) is 24.3 Å². The van der Waals surface area contributed by atoms with E-state index in [0.717, 1.165) is 17.9 Å². The molecule has 1 aliphatic heterocycles. The zero-order valence-corrected chi connectivity index (χ0v) is 14.1. The van der Waals surface area contributed by atoms with Gasteiger partial charge in [0.05, 0.1) is 17.7 Å². The van der Waals surface area contributed by atoms with Crippen molar-refractivity contribution in [2.75, 3.05) is 6.61 Å². The summed E-state index contributed by atoms with van der Waals surface area (Å²) in [6.45, 7) is 2.65. The van der Waals surface area contributed by atoms with Gasteiger partial charge in [-0.2, -0.15) is 0 Å². The zero-order chi connectivity index (χ0) is 16.5. The molecule has 2 amide bonds. The van der Waals surface area contributed by atoms with Crippen molar-refractivity contribution in [1.82, 2.24) is 5.06 Å². The molecular formula is C19H27NO3. The fourth-order valence-corrected chi connectivity index (χ4v) is 2.85. The fraction of sp³-hybridized carbons (Fsp3) is 0.579. The maximum atomic E-state index is 12.1. The van der Waals surface area contributed by atoms with Gasteiger partial charge in [-0.1, -0.05) is 70.4 Å². The minimum atomic E-state index is -0.346. The highest BCUT2D eigenvalue weighted by Gasteiger charge is 2.36. The van der Waals surface area contributed by atoms with Gasteiger partial charge in [-0.25, -0.2) is 0 Å². The van der Waals surface area contributed by atoms with Crippen LogP contribution in [0.4, 0.5) is 0 Å². The van der Waals surface area contributed by atoms with Gasteiger partial charge in [-0.05, 0) is 18.6 Å². The van der Waals surface area contributed by atoms with Crippen molar-refractivity contribution in [3.8, 4) is 0 Å². The van der Waals surface area contributed by atoms with Crippen LogP contribution in [0.15, 0.2) is 24.3 Å². The van der Waals surface area contributed by atoms with Gasteiger partial charge in [0.2, 0.25) is 0 Å². The monoisotopic (exact) mass is 317 g/mol. The number of carbonyl (C=O) groups is 2. The minimum absolute atomic E-state index is 0.346. The fourth-order valence-electron chi connectivity index (χ4n) is 2.85. The first-order valence-electron chi connectivity index (χ1n) is 8.86. The highest BCUT2D eigenvalue weighted by molar-refractivity contribution is 6.20. The van der Waals surface area contributed by atoms with Gasteiger partial charge >= 0.3 is 0 Å². The molecular weight excluding hydrogens is 290 g/mol. The Hall–Kier alpha value is -1.68. The van der Waals surface area contributed by atoms with Crippen LogP contribution in [-0.2, 0) is 4.84 Å². The third-order valence-electron chi connectivity index (χ3n) is 4.23. The second-order valence-electron chi connectivity index (χ2n) is 6.11. The van der Waals surface area contributed by atoms with Crippen molar-refractivity contribution < 1.29 is 14.4 Å². The molecule has 0 unspecified atom stereocenters. The molecule has 0 N–H and O–H groups in total. The Bertz CT molecular complexity index is 492. The van der Waals surface area contributed by atoms with Crippen molar-refractivity contribution in [1.29, 1.82) is 0 Å².